The molecule has 0 aliphatic carbocycles. The van der Waals surface area contributed by atoms with Gasteiger partial charge in [0, 0.05) is 0 Å². The third kappa shape index (κ3) is 2.43. The molecule has 2 amide bonds. The first-order chi connectivity index (χ1) is 6.11. The number of methoxy groups -OCH3 is 1. The van der Waals surface area contributed by atoms with E-state index in [1.807, 2.05) is 0 Å². The lowest BCUT2D eigenvalue weighted by Crippen LogP contribution is -2.24. The minimum absolute atomic E-state index is 0.107. The lowest BCUT2D eigenvalue weighted by molar-refractivity contribution is 0.259. The SMILES string of the molecule is COc1nc(NC(N)=O)[nH]c(=O)n1. The Balaban J connectivity index is 3.01. The van der Waals surface area contributed by atoms with Crippen molar-refractivity contribution < 1.29 is 9.53 Å². The van der Waals surface area contributed by atoms with Crippen molar-refractivity contribution in [3.63, 3.8) is 0 Å². The topological polar surface area (TPSA) is 123 Å². The fraction of sp³-hybridized carbons (Fsp3) is 0.200. The molecule has 0 fully saturated rings. The summed E-state index contributed by atoms with van der Waals surface area (Å²) in [4.78, 5) is 30.2. The molecule has 1 aromatic rings. The average Bonchev–Trinajstić information content (AvgIpc) is 2.01. The number of hydrogen-bond donors (Lipinski definition) is 3. The van der Waals surface area contributed by atoms with Crippen molar-refractivity contribution in [3.05, 3.63) is 10.5 Å². The van der Waals surface area contributed by atoms with Crippen LogP contribution in [0.2, 0.25) is 0 Å². The smallest absolute Gasteiger partial charge is 0.352 e. The number of anilines is 1. The first kappa shape index (κ1) is 8.97. The van der Waals surface area contributed by atoms with Crippen molar-refractivity contribution in [2.75, 3.05) is 12.4 Å². The fourth-order valence-corrected chi connectivity index (χ4v) is 0.632. The Morgan fingerprint density at radius 1 is 1.62 bits per heavy atom. The number of ether oxygens (including phenoxy) is 1. The van der Waals surface area contributed by atoms with Crippen molar-refractivity contribution in [2.24, 2.45) is 5.73 Å². The molecule has 0 aliphatic rings. The number of nitrogens with zero attached hydrogens (tertiary/aromatic N) is 2. The first-order valence-electron chi connectivity index (χ1n) is 3.20. The van der Waals surface area contributed by atoms with E-state index >= 15 is 0 Å². The quantitative estimate of drug-likeness (QED) is 0.526. The van der Waals surface area contributed by atoms with Gasteiger partial charge >= 0.3 is 17.7 Å². The van der Waals surface area contributed by atoms with Crippen LogP contribution >= 0.6 is 0 Å². The Bertz CT molecular complexity index is 373. The minimum atomic E-state index is -0.837. The molecule has 0 unspecified atom stereocenters. The van der Waals surface area contributed by atoms with E-state index in [-0.39, 0.29) is 12.0 Å². The number of aromatic amines is 1. The fourth-order valence-electron chi connectivity index (χ4n) is 0.632. The molecule has 8 heteroatoms. The molecular formula is C5H7N5O3. The second-order valence-electron chi connectivity index (χ2n) is 1.98. The molecule has 0 aliphatic heterocycles. The third-order valence-corrected chi connectivity index (χ3v) is 1.05. The summed E-state index contributed by atoms with van der Waals surface area (Å²) in [5, 5.41) is 2.07. The van der Waals surface area contributed by atoms with E-state index < -0.39 is 11.7 Å². The predicted octanol–water partition coefficient (Wildman–Crippen LogP) is -1.34. The third-order valence-electron chi connectivity index (χ3n) is 1.05. The zero-order valence-electron chi connectivity index (χ0n) is 6.70. The number of carbonyl (C=O) groups is 1. The lowest BCUT2D eigenvalue weighted by Gasteiger charge is -2.00. The van der Waals surface area contributed by atoms with Crippen LogP contribution in [0.25, 0.3) is 0 Å². The van der Waals surface area contributed by atoms with Gasteiger partial charge in [0.25, 0.3) is 0 Å². The van der Waals surface area contributed by atoms with Crippen molar-refractivity contribution in [2.45, 2.75) is 0 Å². The molecule has 0 saturated carbocycles. The monoisotopic (exact) mass is 185 g/mol. The Morgan fingerprint density at radius 2 is 2.31 bits per heavy atom. The Hall–Kier alpha value is -2.12. The van der Waals surface area contributed by atoms with E-state index in [9.17, 15) is 9.59 Å². The summed E-state index contributed by atoms with van der Waals surface area (Å²) in [6, 6.07) is -0.982. The molecule has 0 bridgehead atoms. The number of amides is 2. The number of rotatable bonds is 2. The van der Waals surface area contributed by atoms with Crippen molar-refractivity contribution in [3.8, 4) is 6.01 Å². The number of H-pyrrole nitrogens is 1. The highest BCUT2D eigenvalue weighted by Gasteiger charge is 2.03. The molecule has 0 atom stereocenters. The maximum absolute atomic E-state index is 10.8. The number of nitrogens with two attached hydrogens (primary N) is 1. The van der Waals surface area contributed by atoms with E-state index in [0.717, 1.165) is 0 Å². The van der Waals surface area contributed by atoms with Crippen LogP contribution < -0.4 is 21.5 Å². The van der Waals surface area contributed by atoms with Crippen LogP contribution in [-0.4, -0.2) is 28.1 Å². The van der Waals surface area contributed by atoms with E-state index in [0.29, 0.717) is 0 Å². The van der Waals surface area contributed by atoms with Gasteiger partial charge in [-0.1, -0.05) is 0 Å². The van der Waals surface area contributed by atoms with E-state index in [1.54, 1.807) is 0 Å². The predicted molar refractivity (Wildman–Crippen MR) is 42.4 cm³/mol. The van der Waals surface area contributed by atoms with Crippen LogP contribution in [0, 0.1) is 0 Å². The van der Waals surface area contributed by atoms with Gasteiger partial charge in [0.1, 0.15) is 0 Å². The molecule has 1 heterocycles. The molecular weight excluding hydrogens is 178 g/mol. The summed E-state index contributed by atoms with van der Waals surface area (Å²) in [5.41, 5.74) is 4.11. The summed E-state index contributed by atoms with van der Waals surface area (Å²) in [7, 11) is 1.29. The van der Waals surface area contributed by atoms with Gasteiger partial charge in [-0.05, 0) is 0 Å². The van der Waals surface area contributed by atoms with Crippen LogP contribution in [0.4, 0.5) is 10.7 Å². The summed E-state index contributed by atoms with van der Waals surface area (Å²) >= 11 is 0. The Kier molecular flexibility index (Phi) is 2.43. The van der Waals surface area contributed by atoms with Crippen molar-refractivity contribution in [1.29, 1.82) is 0 Å². The van der Waals surface area contributed by atoms with Crippen LogP contribution in [0.1, 0.15) is 0 Å². The number of primary amides is 1. The van der Waals surface area contributed by atoms with Gasteiger partial charge in [-0.15, -0.1) is 4.98 Å². The second-order valence-corrected chi connectivity index (χ2v) is 1.98. The number of hydrogen-bond acceptors (Lipinski definition) is 5. The maximum atomic E-state index is 10.8. The van der Waals surface area contributed by atoms with Gasteiger partial charge in [-0.25, -0.2) is 9.59 Å². The Labute approximate surface area is 72.1 Å². The summed E-state index contributed by atoms with van der Waals surface area (Å²) in [6.07, 6.45) is 0. The van der Waals surface area contributed by atoms with Gasteiger partial charge in [0.05, 0.1) is 7.11 Å². The number of nitrogens with one attached hydrogen (secondary N) is 2. The van der Waals surface area contributed by atoms with Crippen LogP contribution in [-0.2, 0) is 0 Å². The average molecular weight is 185 g/mol. The molecule has 70 valence electrons. The second kappa shape index (κ2) is 3.52. The highest BCUT2D eigenvalue weighted by atomic mass is 16.5. The van der Waals surface area contributed by atoms with Crippen molar-refractivity contribution in [1.82, 2.24) is 15.0 Å². The zero-order chi connectivity index (χ0) is 9.84. The van der Waals surface area contributed by atoms with Gasteiger partial charge in [0.2, 0.25) is 5.95 Å². The molecule has 8 nitrogen and oxygen atoms in total. The van der Waals surface area contributed by atoms with E-state index in [1.165, 1.54) is 7.11 Å². The van der Waals surface area contributed by atoms with Crippen molar-refractivity contribution >= 4 is 12.0 Å². The number of carbonyl (C=O) groups excluding carboxylic acids is 1. The van der Waals surface area contributed by atoms with Crippen LogP contribution in [0.3, 0.4) is 0 Å². The number of urea groups is 1. The molecule has 0 aromatic carbocycles. The Morgan fingerprint density at radius 3 is 2.85 bits per heavy atom. The van der Waals surface area contributed by atoms with E-state index in [4.69, 9.17) is 5.73 Å². The van der Waals surface area contributed by atoms with Gasteiger partial charge in [-0.3, -0.25) is 10.3 Å². The summed E-state index contributed by atoms with van der Waals surface area (Å²) in [6.45, 7) is 0. The van der Waals surface area contributed by atoms with Crippen LogP contribution in [0.5, 0.6) is 6.01 Å². The molecule has 1 rings (SSSR count). The molecule has 4 N–H and O–H groups in total. The van der Waals surface area contributed by atoms with Gasteiger partial charge in [0.15, 0.2) is 0 Å². The van der Waals surface area contributed by atoms with Crippen LogP contribution in [0.15, 0.2) is 4.79 Å². The van der Waals surface area contributed by atoms with E-state index in [2.05, 4.69) is 25.0 Å². The van der Waals surface area contributed by atoms with Gasteiger partial charge in [-0.2, -0.15) is 4.98 Å². The molecule has 0 radical (unpaired) electrons. The summed E-state index contributed by atoms with van der Waals surface area (Å²) in [5.74, 6) is -0.107. The summed E-state index contributed by atoms with van der Waals surface area (Å²) < 4.78 is 4.58. The highest BCUT2D eigenvalue weighted by molar-refractivity contribution is 5.85. The minimum Gasteiger partial charge on any atom is -0.467 e. The largest absolute Gasteiger partial charge is 0.467 e. The molecule has 0 saturated heterocycles. The number of aromatic nitrogens is 3. The normalized spacial score (nSPS) is 9.31. The standard InChI is InChI=1S/C5H7N5O3/c1-13-5-9-3(7-2(6)11)8-4(12)10-5/h1H3,(H4,6,7,8,9,10,11,12). The van der Waals surface area contributed by atoms with Gasteiger partial charge < -0.3 is 10.5 Å². The molecule has 1 aromatic heterocycles. The molecule has 0 spiro atoms. The highest BCUT2D eigenvalue weighted by Crippen LogP contribution is 1.99. The lowest BCUT2D eigenvalue weighted by atomic mass is 10.8. The first-order valence-corrected chi connectivity index (χ1v) is 3.20. The molecule has 13 heavy (non-hydrogen) atoms. The maximum Gasteiger partial charge on any atom is 0.352 e. The zero-order valence-corrected chi connectivity index (χ0v) is 6.70.